The second kappa shape index (κ2) is 8.39. The van der Waals surface area contributed by atoms with Crippen LogP contribution in [0.15, 0.2) is 47.4 Å². The van der Waals surface area contributed by atoms with Crippen LogP contribution in [0.4, 0.5) is 20.2 Å². The first kappa shape index (κ1) is 19.8. The number of fused-ring (bicyclic) bond motifs is 1. The summed E-state index contributed by atoms with van der Waals surface area (Å²) in [4.78, 5) is 37.2. The number of rotatable bonds is 5. The van der Waals surface area contributed by atoms with Crippen molar-refractivity contribution in [3.8, 4) is 0 Å². The molecular formula is C19H16F2N2O4S. The van der Waals surface area contributed by atoms with Gasteiger partial charge in [-0.2, -0.15) is 0 Å². The van der Waals surface area contributed by atoms with Crippen LogP contribution in [-0.2, 0) is 19.1 Å². The lowest BCUT2D eigenvalue weighted by Gasteiger charge is -2.23. The van der Waals surface area contributed by atoms with Gasteiger partial charge in [-0.3, -0.25) is 14.4 Å². The number of esters is 1. The van der Waals surface area contributed by atoms with Crippen LogP contribution in [0.3, 0.4) is 0 Å². The molecule has 1 aliphatic rings. The summed E-state index contributed by atoms with van der Waals surface area (Å²) < 4.78 is 31.2. The van der Waals surface area contributed by atoms with Gasteiger partial charge >= 0.3 is 5.97 Å². The summed E-state index contributed by atoms with van der Waals surface area (Å²) in [7, 11) is 0. The Labute approximate surface area is 163 Å². The molecule has 0 bridgehead atoms. The van der Waals surface area contributed by atoms with Crippen molar-refractivity contribution in [1.29, 1.82) is 0 Å². The SMILES string of the molecule is C[C@H](OC(=O)C[C@H]1Sc2ccccc2NC1=O)C(=O)Nc1ccc(F)c(F)c1. The predicted octanol–water partition coefficient (Wildman–Crippen LogP) is 3.34. The highest BCUT2D eigenvalue weighted by atomic mass is 32.2. The van der Waals surface area contributed by atoms with Crippen LogP contribution in [0.2, 0.25) is 0 Å². The summed E-state index contributed by atoms with van der Waals surface area (Å²) in [6.45, 7) is 1.34. The van der Waals surface area contributed by atoms with Crippen molar-refractivity contribution < 1.29 is 27.9 Å². The number of para-hydroxylation sites is 1. The normalized spacial score (nSPS) is 16.5. The minimum atomic E-state index is -1.18. The summed E-state index contributed by atoms with van der Waals surface area (Å²) in [5, 5.41) is 4.38. The maximum Gasteiger partial charge on any atom is 0.308 e. The molecule has 0 aromatic heterocycles. The van der Waals surface area contributed by atoms with Crippen LogP contribution in [0.5, 0.6) is 0 Å². The van der Waals surface area contributed by atoms with Crippen LogP contribution < -0.4 is 10.6 Å². The van der Waals surface area contributed by atoms with Crippen LogP contribution in [0.25, 0.3) is 0 Å². The van der Waals surface area contributed by atoms with E-state index in [-0.39, 0.29) is 18.0 Å². The Morgan fingerprint density at radius 3 is 2.71 bits per heavy atom. The number of thioether (sulfide) groups is 1. The van der Waals surface area contributed by atoms with E-state index in [1.54, 1.807) is 12.1 Å². The van der Waals surface area contributed by atoms with E-state index < -0.39 is 34.9 Å². The molecule has 0 fully saturated rings. The lowest BCUT2D eigenvalue weighted by molar-refractivity contribution is -0.153. The zero-order chi connectivity index (χ0) is 20.3. The topological polar surface area (TPSA) is 84.5 Å². The molecule has 1 heterocycles. The van der Waals surface area contributed by atoms with Gasteiger partial charge in [-0.25, -0.2) is 8.78 Å². The van der Waals surface area contributed by atoms with Crippen molar-refractivity contribution in [2.75, 3.05) is 10.6 Å². The van der Waals surface area contributed by atoms with Crippen molar-refractivity contribution in [1.82, 2.24) is 0 Å². The Bertz CT molecular complexity index is 938. The van der Waals surface area contributed by atoms with Crippen LogP contribution in [-0.4, -0.2) is 29.1 Å². The smallest absolute Gasteiger partial charge is 0.308 e. The lowest BCUT2D eigenvalue weighted by Crippen LogP contribution is -2.34. The van der Waals surface area contributed by atoms with Crippen molar-refractivity contribution in [2.45, 2.75) is 29.6 Å². The molecule has 2 aromatic carbocycles. The Balaban J connectivity index is 1.54. The first-order chi connectivity index (χ1) is 13.3. The molecule has 0 spiro atoms. The third-order valence-corrected chi connectivity index (χ3v) is 5.20. The van der Waals surface area contributed by atoms with E-state index in [1.807, 2.05) is 12.1 Å². The van der Waals surface area contributed by atoms with Gasteiger partial charge in [-0.15, -0.1) is 11.8 Å². The molecule has 1 aliphatic heterocycles. The number of amides is 2. The van der Waals surface area contributed by atoms with E-state index in [2.05, 4.69) is 10.6 Å². The quantitative estimate of drug-likeness (QED) is 0.744. The van der Waals surface area contributed by atoms with Gasteiger partial charge in [-0.1, -0.05) is 12.1 Å². The highest BCUT2D eigenvalue weighted by Gasteiger charge is 2.30. The van der Waals surface area contributed by atoms with E-state index in [9.17, 15) is 23.2 Å². The first-order valence-electron chi connectivity index (χ1n) is 8.35. The molecule has 28 heavy (non-hydrogen) atoms. The average Bonchev–Trinajstić information content (AvgIpc) is 2.65. The largest absolute Gasteiger partial charge is 0.452 e. The van der Waals surface area contributed by atoms with Gasteiger partial charge in [0.05, 0.1) is 17.4 Å². The van der Waals surface area contributed by atoms with Crippen LogP contribution in [0.1, 0.15) is 13.3 Å². The monoisotopic (exact) mass is 406 g/mol. The number of nitrogens with one attached hydrogen (secondary N) is 2. The van der Waals surface area contributed by atoms with Crippen molar-refractivity contribution >= 4 is 40.9 Å². The third-order valence-electron chi connectivity index (χ3n) is 3.92. The van der Waals surface area contributed by atoms with Gasteiger partial charge in [0, 0.05) is 16.6 Å². The Morgan fingerprint density at radius 2 is 1.96 bits per heavy atom. The second-order valence-corrected chi connectivity index (χ2v) is 7.29. The van der Waals surface area contributed by atoms with Gasteiger partial charge in [0.15, 0.2) is 17.7 Å². The molecule has 2 N–H and O–H groups in total. The zero-order valence-electron chi connectivity index (χ0n) is 14.7. The van der Waals surface area contributed by atoms with Crippen molar-refractivity contribution in [3.63, 3.8) is 0 Å². The summed E-state index contributed by atoms with van der Waals surface area (Å²) >= 11 is 1.24. The number of hydrogen-bond acceptors (Lipinski definition) is 5. The molecule has 3 rings (SSSR count). The molecule has 0 saturated heterocycles. The molecule has 0 aliphatic carbocycles. The molecule has 0 unspecified atom stereocenters. The maximum absolute atomic E-state index is 13.2. The number of carbonyl (C=O) groups excluding carboxylic acids is 3. The molecule has 9 heteroatoms. The summed E-state index contributed by atoms with van der Waals surface area (Å²) in [5.74, 6) is -3.89. The minimum Gasteiger partial charge on any atom is -0.452 e. The van der Waals surface area contributed by atoms with Gasteiger partial charge in [-0.05, 0) is 31.2 Å². The highest BCUT2D eigenvalue weighted by molar-refractivity contribution is 8.01. The number of halogens is 2. The summed E-state index contributed by atoms with van der Waals surface area (Å²) in [6.07, 6.45) is -1.39. The Hall–Kier alpha value is -2.94. The van der Waals surface area contributed by atoms with Crippen molar-refractivity contribution in [3.05, 3.63) is 54.1 Å². The number of hydrogen-bond donors (Lipinski definition) is 2. The van der Waals surface area contributed by atoms with Gasteiger partial charge in [0.25, 0.3) is 5.91 Å². The number of benzene rings is 2. The molecule has 2 atom stereocenters. The fraction of sp³-hybridized carbons (Fsp3) is 0.211. The Morgan fingerprint density at radius 1 is 1.21 bits per heavy atom. The zero-order valence-corrected chi connectivity index (χ0v) is 15.5. The number of carbonyl (C=O) groups is 3. The maximum atomic E-state index is 13.2. The van der Waals surface area contributed by atoms with Crippen molar-refractivity contribution in [2.24, 2.45) is 0 Å². The average molecular weight is 406 g/mol. The predicted molar refractivity (Wildman–Crippen MR) is 99.9 cm³/mol. The molecule has 2 aromatic rings. The highest BCUT2D eigenvalue weighted by Crippen LogP contribution is 2.36. The molecule has 0 radical (unpaired) electrons. The van der Waals surface area contributed by atoms with E-state index in [0.717, 1.165) is 17.0 Å². The number of anilines is 2. The second-order valence-electron chi connectivity index (χ2n) is 6.05. The summed E-state index contributed by atoms with van der Waals surface area (Å²) in [5.41, 5.74) is 0.715. The molecular weight excluding hydrogens is 390 g/mol. The Kier molecular flexibility index (Phi) is 5.93. The summed E-state index contributed by atoms with van der Waals surface area (Å²) in [6, 6.07) is 10.1. The molecule has 146 valence electrons. The third kappa shape index (κ3) is 4.66. The first-order valence-corrected chi connectivity index (χ1v) is 9.23. The molecule has 2 amide bonds. The van der Waals surface area contributed by atoms with E-state index in [1.165, 1.54) is 24.8 Å². The molecule has 0 saturated carbocycles. The fourth-order valence-corrected chi connectivity index (χ4v) is 3.59. The van der Waals surface area contributed by atoms with Crippen LogP contribution in [0, 0.1) is 11.6 Å². The van der Waals surface area contributed by atoms with E-state index in [0.29, 0.717) is 5.69 Å². The van der Waals surface area contributed by atoms with Gasteiger partial charge in [0.2, 0.25) is 5.91 Å². The fourth-order valence-electron chi connectivity index (χ4n) is 2.49. The number of ether oxygens (including phenoxy) is 1. The van der Waals surface area contributed by atoms with Crippen LogP contribution >= 0.6 is 11.8 Å². The van der Waals surface area contributed by atoms with E-state index in [4.69, 9.17) is 4.74 Å². The van der Waals surface area contributed by atoms with Gasteiger partial charge < -0.3 is 15.4 Å². The minimum absolute atomic E-state index is 0.0330. The lowest BCUT2D eigenvalue weighted by atomic mass is 10.2. The molecule has 6 nitrogen and oxygen atoms in total. The van der Waals surface area contributed by atoms with E-state index >= 15 is 0 Å². The van der Waals surface area contributed by atoms with Gasteiger partial charge in [0.1, 0.15) is 0 Å². The standard InChI is InChI=1S/C19H16F2N2O4S/c1-10(18(25)22-11-6-7-12(20)13(21)8-11)27-17(24)9-16-19(26)23-14-4-2-3-5-15(14)28-16/h2-8,10,16H,9H2,1H3,(H,22,25)(H,23,26)/t10-,16+/m0/s1.